The summed E-state index contributed by atoms with van der Waals surface area (Å²) >= 11 is 5.92. The molecule has 2 rings (SSSR count). The highest BCUT2D eigenvalue weighted by Gasteiger charge is 2.30. The van der Waals surface area contributed by atoms with Crippen molar-refractivity contribution < 1.29 is 9.59 Å². The van der Waals surface area contributed by atoms with Gasteiger partial charge in [0.25, 0.3) is 0 Å². The average molecular weight is 352 g/mol. The van der Waals surface area contributed by atoms with Gasteiger partial charge in [0.2, 0.25) is 11.8 Å². The molecule has 1 aliphatic heterocycles. The first-order valence-corrected chi connectivity index (χ1v) is 8.80. The molecule has 1 aliphatic rings. The van der Waals surface area contributed by atoms with Crippen LogP contribution in [0, 0.1) is 5.92 Å². The van der Waals surface area contributed by atoms with Crippen LogP contribution < -0.4 is 11.1 Å². The van der Waals surface area contributed by atoms with E-state index < -0.39 is 0 Å². The number of carbonyl (C=O) groups excluding carboxylic acids is 2. The molecule has 1 aromatic carbocycles. The van der Waals surface area contributed by atoms with E-state index in [1.54, 1.807) is 12.1 Å². The van der Waals surface area contributed by atoms with E-state index in [4.69, 9.17) is 17.3 Å². The standard InChI is InChI=1S/C18H26ClN3O2/c1-12-7-8-22(16(9-12)11-20)18(24)10-17(21-13(2)23)14-3-5-15(19)6-4-14/h3-6,12,16-17H,7-11,20H2,1-2H3,(H,21,23). The zero-order valence-corrected chi connectivity index (χ0v) is 15.1. The third-order valence-corrected chi connectivity index (χ3v) is 4.85. The number of rotatable bonds is 5. The van der Waals surface area contributed by atoms with Crippen molar-refractivity contribution in [3.05, 3.63) is 34.9 Å². The monoisotopic (exact) mass is 351 g/mol. The molecule has 132 valence electrons. The summed E-state index contributed by atoms with van der Waals surface area (Å²) in [4.78, 5) is 26.2. The molecule has 6 heteroatoms. The number of nitrogens with one attached hydrogen (secondary N) is 1. The number of amides is 2. The molecule has 1 saturated heterocycles. The van der Waals surface area contributed by atoms with Crippen molar-refractivity contribution in [2.45, 2.75) is 45.2 Å². The minimum Gasteiger partial charge on any atom is -0.349 e. The first-order chi connectivity index (χ1) is 11.4. The minimum absolute atomic E-state index is 0.0334. The minimum atomic E-state index is -0.356. The van der Waals surface area contributed by atoms with Crippen LogP contribution in [0.15, 0.2) is 24.3 Å². The van der Waals surface area contributed by atoms with Crippen molar-refractivity contribution in [3.63, 3.8) is 0 Å². The van der Waals surface area contributed by atoms with E-state index >= 15 is 0 Å². The quantitative estimate of drug-likeness (QED) is 0.855. The Morgan fingerprint density at radius 3 is 2.62 bits per heavy atom. The summed E-state index contributed by atoms with van der Waals surface area (Å²) in [5, 5.41) is 3.49. The number of nitrogens with two attached hydrogens (primary N) is 1. The van der Waals surface area contributed by atoms with Gasteiger partial charge in [-0.3, -0.25) is 9.59 Å². The number of carbonyl (C=O) groups is 2. The van der Waals surface area contributed by atoms with Gasteiger partial charge >= 0.3 is 0 Å². The molecule has 0 radical (unpaired) electrons. The molecule has 0 spiro atoms. The van der Waals surface area contributed by atoms with Gasteiger partial charge in [0.1, 0.15) is 0 Å². The van der Waals surface area contributed by atoms with Crippen molar-refractivity contribution >= 4 is 23.4 Å². The van der Waals surface area contributed by atoms with Crippen LogP contribution >= 0.6 is 11.6 Å². The number of benzene rings is 1. The Bertz CT molecular complexity index is 576. The summed E-state index contributed by atoms with van der Waals surface area (Å²) in [5.41, 5.74) is 6.73. The van der Waals surface area contributed by atoms with Crippen LogP contribution in [-0.4, -0.2) is 35.8 Å². The molecule has 1 heterocycles. The van der Waals surface area contributed by atoms with Gasteiger partial charge in [-0.05, 0) is 36.5 Å². The molecule has 5 nitrogen and oxygen atoms in total. The fourth-order valence-corrected chi connectivity index (χ4v) is 3.41. The molecule has 1 fully saturated rings. The Morgan fingerprint density at radius 2 is 2.04 bits per heavy atom. The molecule has 0 bridgehead atoms. The molecule has 3 unspecified atom stereocenters. The number of likely N-dealkylation sites (tertiary alicyclic amines) is 1. The Balaban J connectivity index is 2.11. The van der Waals surface area contributed by atoms with Crippen molar-refractivity contribution in [1.82, 2.24) is 10.2 Å². The predicted molar refractivity (Wildman–Crippen MR) is 95.6 cm³/mol. The zero-order chi connectivity index (χ0) is 17.7. The number of halogens is 1. The van der Waals surface area contributed by atoms with E-state index in [1.165, 1.54) is 6.92 Å². The Kier molecular flexibility index (Phi) is 6.63. The van der Waals surface area contributed by atoms with Crippen LogP contribution in [0.4, 0.5) is 0 Å². The van der Waals surface area contributed by atoms with Gasteiger partial charge in [0.05, 0.1) is 12.5 Å². The molecule has 3 atom stereocenters. The number of nitrogens with zero attached hydrogens (tertiary/aromatic N) is 1. The fourth-order valence-electron chi connectivity index (χ4n) is 3.29. The van der Waals surface area contributed by atoms with Crippen LogP contribution in [0.1, 0.15) is 44.7 Å². The number of hydrogen-bond donors (Lipinski definition) is 2. The Hall–Kier alpha value is -1.59. The molecule has 24 heavy (non-hydrogen) atoms. The van der Waals surface area contributed by atoms with E-state index in [9.17, 15) is 9.59 Å². The highest BCUT2D eigenvalue weighted by molar-refractivity contribution is 6.30. The number of hydrogen-bond acceptors (Lipinski definition) is 3. The lowest BCUT2D eigenvalue weighted by atomic mass is 9.91. The lowest BCUT2D eigenvalue weighted by molar-refractivity contribution is -0.136. The SMILES string of the molecule is CC(=O)NC(CC(=O)N1CCC(C)CC1CN)c1ccc(Cl)cc1. The van der Waals surface area contributed by atoms with Crippen molar-refractivity contribution in [1.29, 1.82) is 0 Å². The molecule has 0 aromatic heterocycles. The highest BCUT2D eigenvalue weighted by Crippen LogP contribution is 2.25. The first-order valence-electron chi connectivity index (χ1n) is 8.42. The summed E-state index contributed by atoms with van der Waals surface area (Å²) in [7, 11) is 0. The van der Waals surface area contributed by atoms with E-state index in [-0.39, 0.29) is 30.3 Å². The van der Waals surface area contributed by atoms with Gasteiger partial charge in [-0.1, -0.05) is 30.7 Å². The van der Waals surface area contributed by atoms with E-state index in [1.807, 2.05) is 17.0 Å². The van der Waals surface area contributed by atoms with Crippen molar-refractivity contribution in [2.24, 2.45) is 11.7 Å². The highest BCUT2D eigenvalue weighted by atomic mass is 35.5. The smallest absolute Gasteiger partial charge is 0.225 e. The topological polar surface area (TPSA) is 75.4 Å². The maximum atomic E-state index is 12.8. The Labute approximate surface area is 148 Å². The van der Waals surface area contributed by atoms with Gasteiger partial charge in [-0.15, -0.1) is 0 Å². The van der Waals surface area contributed by atoms with Gasteiger partial charge in [0, 0.05) is 31.1 Å². The van der Waals surface area contributed by atoms with Crippen LogP contribution in [0.5, 0.6) is 0 Å². The second kappa shape index (κ2) is 8.49. The van der Waals surface area contributed by atoms with Gasteiger partial charge in [-0.25, -0.2) is 0 Å². The molecule has 1 aromatic rings. The maximum absolute atomic E-state index is 12.8. The number of piperidine rings is 1. The maximum Gasteiger partial charge on any atom is 0.225 e. The van der Waals surface area contributed by atoms with Gasteiger partial charge in [0.15, 0.2) is 0 Å². The van der Waals surface area contributed by atoms with Crippen LogP contribution in [0.3, 0.4) is 0 Å². The second-order valence-corrected chi connectivity index (χ2v) is 7.05. The normalized spacial score (nSPS) is 22.1. The second-order valence-electron chi connectivity index (χ2n) is 6.61. The van der Waals surface area contributed by atoms with Crippen molar-refractivity contribution in [2.75, 3.05) is 13.1 Å². The van der Waals surface area contributed by atoms with Crippen LogP contribution in [-0.2, 0) is 9.59 Å². The summed E-state index contributed by atoms with van der Waals surface area (Å²) in [6, 6.07) is 6.95. The molecule has 0 aliphatic carbocycles. The van der Waals surface area contributed by atoms with E-state index in [0.29, 0.717) is 17.5 Å². The van der Waals surface area contributed by atoms with E-state index in [0.717, 1.165) is 24.9 Å². The first kappa shape index (κ1) is 18.7. The molecule has 0 saturated carbocycles. The van der Waals surface area contributed by atoms with Crippen LogP contribution in [0.25, 0.3) is 0 Å². The van der Waals surface area contributed by atoms with Gasteiger partial charge in [-0.2, -0.15) is 0 Å². The fraction of sp³-hybridized carbons (Fsp3) is 0.556. The summed E-state index contributed by atoms with van der Waals surface area (Å²) < 4.78 is 0. The zero-order valence-electron chi connectivity index (χ0n) is 14.3. The largest absolute Gasteiger partial charge is 0.349 e. The van der Waals surface area contributed by atoms with Crippen LogP contribution in [0.2, 0.25) is 5.02 Å². The molecule has 3 N–H and O–H groups in total. The predicted octanol–water partition coefficient (Wildman–Crippen LogP) is 2.49. The summed E-state index contributed by atoms with van der Waals surface area (Å²) in [5.74, 6) is 0.460. The van der Waals surface area contributed by atoms with Crippen molar-refractivity contribution in [3.8, 4) is 0 Å². The van der Waals surface area contributed by atoms with Gasteiger partial charge < -0.3 is 16.0 Å². The molecular weight excluding hydrogens is 326 g/mol. The summed E-state index contributed by atoms with van der Waals surface area (Å²) in [6.45, 7) is 4.86. The molecule has 2 amide bonds. The summed E-state index contributed by atoms with van der Waals surface area (Å²) in [6.07, 6.45) is 2.16. The third-order valence-electron chi connectivity index (χ3n) is 4.60. The third kappa shape index (κ3) is 4.95. The lowest BCUT2D eigenvalue weighted by Gasteiger charge is -2.38. The van der Waals surface area contributed by atoms with E-state index in [2.05, 4.69) is 12.2 Å². The average Bonchev–Trinajstić information content (AvgIpc) is 2.54. The Morgan fingerprint density at radius 1 is 1.38 bits per heavy atom. The lowest BCUT2D eigenvalue weighted by Crippen LogP contribution is -2.50. The molecular formula is C18H26ClN3O2.